The van der Waals surface area contributed by atoms with Crippen molar-refractivity contribution >= 4 is 16.0 Å². The van der Waals surface area contributed by atoms with Crippen LogP contribution >= 0.6 is 0 Å². The molecule has 1 aliphatic rings. The van der Waals surface area contributed by atoms with Gasteiger partial charge >= 0.3 is 5.97 Å². The third-order valence-corrected chi connectivity index (χ3v) is 6.08. The second-order valence-corrected chi connectivity index (χ2v) is 8.23. The standard InChI is InChI=1S/C19H21NO5S/c21-12-13-4-3-5-14(8-13)15-9-16(19(22)23)11-18(10-15)26(24,25)20-17-6-1-2-7-17/h3-5,8-11,17,20-21H,1-2,6-7,12H2,(H,22,23). The molecule has 0 saturated heterocycles. The molecule has 0 bridgehead atoms. The summed E-state index contributed by atoms with van der Waals surface area (Å²) in [5.41, 5.74) is 1.70. The van der Waals surface area contributed by atoms with Crippen LogP contribution in [-0.4, -0.2) is 30.6 Å². The molecule has 7 heteroatoms. The van der Waals surface area contributed by atoms with Gasteiger partial charge in [0.1, 0.15) is 0 Å². The molecule has 0 aromatic heterocycles. The summed E-state index contributed by atoms with van der Waals surface area (Å²) in [7, 11) is -3.81. The number of aromatic carboxylic acids is 1. The van der Waals surface area contributed by atoms with Crippen LogP contribution in [0.2, 0.25) is 0 Å². The van der Waals surface area contributed by atoms with E-state index in [1.165, 1.54) is 18.2 Å². The lowest BCUT2D eigenvalue weighted by atomic mass is 10.0. The fraction of sp³-hybridized carbons (Fsp3) is 0.316. The number of hydrogen-bond acceptors (Lipinski definition) is 4. The minimum absolute atomic E-state index is 0.0614. The Balaban J connectivity index is 2.04. The lowest BCUT2D eigenvalue weighted by Gasteiger charge is -2.14. The smallest absolute Gasteiger partial charge is 0.335 e. The van der Waals surface area contributed by atoms with Crippen LogP contribution in [0.4, 0.5) is 0 Å². The van der Waals surface area contributed by atoms with Crippen LogP contribution in [0.3, 0.4) is 0 Å². The first-order valence-electron chi connectivity index (χ1n) is 8.50. The van der Waals surface area contributed by atoms with Gasteiger partial charge in [-0.25, -0.2) is 17.9 Å². The van der Waals surface area contributed by atoms with Crippen LogP contribution in [0.25, 0.3) is 11.1 Å². The van der Waals surface area contributed by atoms with Crippen molar-refractivity contribution in [1.29, 1.82) is 0 Å². The Morgan fingerprint density at radius 1 is 1.08 bits per heavy atom. The van der Waals surface area contributed by atoms with E-state index in [4.69, 9.17) is 0 Å². The second-order valence-electron chi connectivity index (χ2n) is 6.51. The predicted molar refractivity (Wildman–Crippen MR) is 97.3 cm³/mol. The highest BCUT2D eigenvalue weighted by atomic mass is 32.2. The molecule has 0 heterocycles. The largest absolute Gasteiger partial charge is 0.478 e. The van der Waals surface area contributed by atoms with Crippen LogP contribution in [0.5, 0.6) is 0 Å². The van der Waals surface area contributed by atoms with Gasteiger partial charge in [-0.15, -0.1) is 0 Å². The maximum Gasteiger partial charge on any atom is 0.335 e. The average molecular weight is 375 g/mol. The molecular weight excluding hydrogens is 354 g/mol. The number of aliphatic hydroxyl groups is 1. The number of nitrogens with one attached hydrogen (secondary N) is 1. The summed E-state index contributed by atoms with van der Waals surface area (Å²) in [6, 6.07) is 10.9. The predicted octanol–water partition coefficient (Wildman–Crippen LogP) is 2.77. The van der Waals surface area contributed by atoms with Gasteiger partial charge in [-0.05, 0) is 53.8 Å². The van der Waals surface area contributed by atoms with Crippen LogP contribution in [-0.2, 0) is 16.6 Å². The monoisotopic (exact) mass is 375 g/mol. The van der Waals surface area contributed by atoms with E-state index in [1.54, 1.807) is 24.3 Å². The zero-order valence-electron chi connectivity index (χ0n) is 14.2. The van der Waals surface area contributed by atoms with E-state index in [9.17, 15) is 23.4 Å². The number of carboxylic acids is 1. The molecule has 3 N–H and O–H groups in total. The van der Waals surface area contributed by atoms with Crippen molar-refractivity contribution < 1.29 is 23.4 Å². The van der Waals surface area contributed by atoms with Crippen molar-refractivity contribution in [2.45, 2.75) is 43.2 Å². The normalized spacial score (nSPS) is 15.3. The minimum atomic E-state index is -3.81. The van der Waals surface area contributed by atoms with Gasteiger partial charge in [-0.2, -0.15) is 0 Å². The summed E-state index contributed by atoms with van der Waals surface area (Å²) in [5.74, 6) is -1.19. The Labute approximate surface area is 152 Å². The Kier molecular flexibility index (Phi) is 5.41. The first-order chi connectivity index (χ1) is 12.4. The first-order valence-corrected chi connectivity index (χ1v) is 9.98. The highest BCUT2D eigenvalue weighted by molar-refractivity contribution is 7.89. The molecule has 1 saturated carbocycles. The molecule has 3 rings (SSSR count). The molecule has 1 aliphatic carbocycles. The van der Waals surface area contributed by atoms with Gasteiger partial charge in [0.15, 0.2) is 0 Å². The van der Waals surface area contributed by atoms with Gasteiger partial charge < -0.3 is 10.2 Å². The van der Waals surface area contributed by atoms with Crippen LogP contribution in [0, 0.1) is 0 Å². The molecule has 0 aliphatic heterocycles. The minimum Gasteiger partial charge on any atom is -0.478 e. The zero-order valence-corrected chi connectivity index (χ0v) is 15.0. The Morgan fingerprint density at radius 2 is 1.81 bits per heavy atom. The average Bonchev–Trinajstić information content (AvgIpc) is 3.13. The van der Waals surface area contributed by atoms with Crippen LogP contribution in [0.1, 0.15) is 41.6 Å². The molecule has 0 spiro atoms. The van der Waals surface area contributed by atoms with E-state index in [0.717, 1.165) is 25.7 Å². The van der Waals surface area contributed by atoms with Crippen molar-refractivity contribution in [3.8, 4) is 11.1 Å². The summed E-state index contributed by atoms with van der Waals surface area (Å²) in [5, 5.41) is 18.7. The number of sulfonamides is 1. The molecule has 2 aromatic carbocycles. The Morgan fingerprint density at radius 3 is 2.46 bits per heavy atom. The van der Waals surface area contributed by atoms with E-state index in [2.05, 4.69) is 4.72 Å². The highest BCUT2D eigenvalue weighted by Crippen LogP contribution is 2.27. The van der Waals surface area contributed by atoms with Crippen molar-refractivity contribution in [2.24, 2.45) is 0 Å². The fourth-order valence-electron chi connectivity index (χ4n) is 3.22. The summed E-state index contributed by atoms with van der Waals surface area (Å²) in [6.45, 7) is -0.152. The molecule has 0 radical (unpaired) electrons. The van der Waals surface area contributed by atoms with Gasteiger partial charge in [0.2, 0.25) is 10.0 Å². The Bertz CT molecular complexity index is 917. The summed E-state index contributed by atoms with van der Waals surface area (Å²) in [4.78, 5) is 11.4. The van der Waals surface area contributed by atoms with Gasteiger partial charge in [-0.3, -0.25) is 0 Å². The lowest BCUT2D eigenvalue weighted by molar-refractivity contribution is 0.0696. The third kappa shape index (κ3) is 4.12. The Hall–Kier alpha value is -2.22. The van der Waals surface area contributed by atoms with E-state index >= 15 is 0 Å². The summed E-state index contributed by atoms with van der Waals surface area (Å²) in [6.07, 6.45) is 3.57. The summed E-state index contributed by atoms with van der Waals surface area (Å²) >= 11 is 0. The number of carboxylic acid groups (broad SMARTS) is 1. The maximum atomic E-state index is 12.7. The molecule has 138 valence electrons. The lowest BCUT2D eigenvalue weighted by Crippen LogP contribution is -2.32. The van der Waals surface area contributed by atoms with E-state index in [0.29, 0.717) is 16.7 Å². The number of aliphatic hydroxyl groups excluding tert-OH is 1. The number of carbonyl (C=O) groups is 1. The van der Waals surface area contributed by atoms with E-state index < -0.39 is 16.0 Å². The van der Waals surface area contributed by atoms with Gasteiger partial charge in [0.05, 0.1) is 17.1 Å². The molecule has 0 atom stereocenters. The molecule has 2 aromatic rings. The van der Waals surface area contributed by atoms with Gasteiger partial charge in [0, 0.05) is 6.04 Å². The van der Waals surface area contributed by atoms with Crippen LogP contribution in [0.15, 0.2) is 47.4 Å². The molecule has 1 fully saturated rings. The van der Waals surface area contributed by atoms with Gasteiger partial charge in [-0.1, -0.05) is 31.0 Å². The molecule has 0 amide bonds. The quantitative estimate of drug-likeness (QED) is 0.720. The van der Waals surface area contributed by atoms with Crippen molar-refractivity contribution in [2.75, 3.05) is 0 Å². The van der Waals surface area contributed by atoms with Crippen molar-refractivity contribution in [1.82, 2.24) is 4.72 Å². The van der Waals surface area contributed by atoms with Crippen molar-refractivity contribution in [3.63, 3.8) is 0 Å². The zero-order chi connectivity index (χ0) is 18.7. The second kappa shape index (κ2) is 7.57. The molecule has 6 nitrogen and oxygen atoms in total. The molecular formula is C19H21NO5S. The molecule has 0 unspecified atom stereocenters. The fourth-order valence-corrected chi connectivity index (χ4v) is 4.60. The van der Waals surface area contributed by atoms with E-state index in [1.807, 2.05) is 0 Å². The maximum absolute atomic E-state index is 12.7. The van der Waals surface area contributed by atoms with Crippen LogP contribution < -0.4 is 4.72 Å². The van der Waals surface area contributed by atoms with Gasteiger partial charge in [0.25, 0.3) is 0 Å². The summed E-state index contributed by atoms with van der Waals surface area (Å²) < 4.78 is 28.1. The van der Waals surface area contributed by atoms with E-state index in [-0.39, 0.29) is 23.1 Å². The van der Waals surface area contributed by atoms with Crippen molar-refractivity contribution in [3.05, 3.63) is 53.6 Å². The SMILES string of the molecule is O=C(O)c1cc(-c2cccc(CO)c2)cc(S(=O)(=O)NC2CCCC2)c1. The molecule has 26 heavy (non-hydrogen) atoms. The first kappa shape index (κ1) is 18.6. The number of benzene rings is 2. The number of rotatable bonds is 6. The third-order valence-electron chi connectivity index (χ3n) is 4.58. The number of hydrogen-bond donors (Lipinski definition) is 3. The highest BCUT2D eigenvalue weighted by Gasteiger charge is 2.24. The topological polar surface area (TPSA) is 104 Å².